The van der Waals surface area contributed by atoms with Crippen LogP contribution in [0.4, 0.5) is 13.2 Å². The van der Waals surface area contributed by atoms with Crippen LogP contribution in [0.5, 0.6) is 0 Å². The van der Waals surface area contributed by atoms with Crippen LogP contribution < -0.4 is 10.9 Å². The van der Waals surface area contributed by atoms with Crippen LogP contribution in [0.3, 0.4) is 0 Å². The number of carbonyl (C=O) groups is 1. The first kappa shape index (κ1) is 22.0. The molecule has 0 aliphatic heterocycles. The van der Waals surface area contributed by atoms with Gasteiger partial charge in [-0.25, -0.2) is 4.98 Å². The Morgan fingerprint density at radius 2 is 1.90 bits per heavy atom. The molecule has 1 aliphatic rings. The van der Waals surface area contributed by atoms with Gasteiger partial charge in [-0.1, -0.05) is 12.1 Å². The number of nitrogens with one attached hydrogen (secondary N) is 1. The van der Waals surface area contributed by atoms with Gasteiger partial charge >= 0.3 is 6.18 Å². The predicted octanol–water partition coefficient (Wildman–Crippen LogP) is 2.84. The summed E-state index contributed by atoms with van der Waals surface area (Å²) >= 11 is 0. The van der Waals surface area contributed by atoms with Gasteiger partial charge in [-0.15, -0.1) is 0 Å². The zero-order valence-corrected chi connectivity index (χ0v) is 16.4. The molecule has 7 nitrogen and oxygen atoms in total. The van der Waals surface area contributed by atoms with Crippen LogP contribution >= 0.6 is 0 Å². The number of aryl methyl sites for hydroxylation is 1. The maximum absolute atomic E-state index is 12.7. The lowest BCUT2D eigenvalue weighted by Crippen LogP contribution is -2.40. The zero-order valence-electron chi connectivity index (χ0n) is 16.4. The Morgan fingerprint density at radius 3 is 2.45 bits per heavy atom. The third-order valence-corrected chi connectivity index (χ3v) is 4.90. The van der Waals surface area contributed by atoms with E-state index in [2.05, 4.69) is 10.3 Å². The largest absolute Gasteiger partial charge is 0.389 e. The first-order valence-electron chi connectivity index (χ1n) is 9.55. The van der Waals surface area contributed by atoms with Crippen molar-refractivity contribution in [2.45, 2.75) is 50.4 Å². The molecule has 0 radical (unpaired) electrons. The van der Waals surface area contributed by atoms with Gasteiger partial charge in [0.05, 0.1) is 23.4 Å². The number of hydrogen-bond donors (Lipinski definition) is 1. The molecule has 1 N–H and O–H groups in total. The molecule has 1 aromatic heterocycles. The Kier molecular flexibility index (Phi) is 6.11. The van der Waals surface area contributed by atoms with Crippen LogP contribution in [0, 0.1) is 22.7 Å². The first-order chi connectivity index (χ1) is 14.6. The summed E-state index contributed by atoms with van der Waals surface area (Å²) in [6, 6.07) is 11.4. The summed E-state index contributed by atoms with van der Waals surface area (Å²) in [6.07, 6.45) is -4.82. The van der Waals surface area contributed by atoms with Crippen molar-refractivity contribution in [3.63, 3.8) is 0 Å². The molecule has 2 aromatic rings. The van der Waals surface area contributed by atoms with Gasteiger partial charge in [0, 0.05) is 24.5 Å². The van der Waals surface area contributed by atoms with Crippen molar-refractivity contribution in [2.75, 3.05) is 0 Å². The Balaban J connectivity index is 1.90. The molecule has 0 unspecified atom stereocenters. The summed E-state index contributed by atoms with van der Waals surface area (Å²) in [4.78, 5) is 29.4. The SMILES string of the molecule is N#Cc1ccc(-c2cc(=O)n(CC(=O)NC3(C#N)CC3)c(CCCC(F)(F)F)n2)cc1. The van der Waals surface area contributed by atoms with E-state index in [4.69, 9.17) is 10.5 Å². The third kappa shape index (κ3) is 5.70. The van der Waals surface area contributed by atoms with E-state index in [0.717, 1.165) is 4.57 Å². The lowest BCUT2D eigenvalue weighted by molar-refractivity contribution is -0.135. The topological polar surface area (TPSA) is 112 Å². The van der Waals surface area contributed by atoms with Crippen molar-refractivity contribution < 1.29 is 18.0 Å². The summed E-state index contributed by atoms with van der Waals surface area (Å²) in [5.41, 5.74) is -0.346. The summed E-state index contributed by atoms with van der Waals surface area (Å²) in [5, 5.41) is 20.6. The molecular weight excluding hydrogens is 411 g/mol. The summed E-state index contributed by atoms with van der Waals surface area (Å²) in [7, 11) is 0. The van der Waals surface area contributed by atoms with Crippen LogP contribution in [-0.4, -0.2) is 27.2 Å². The zero-order chi connectivity index (χ0) is 22.6. The van der Waals surface area contributed by atoms with Gasteiger partial charge in [0.25, 0.3) is 5.56 Å². The molecule has 1 fully saturated rings. The highest BCUT2D eigenvalue weighted by molar-refractivity contribution is 5.78. The molecule has 3 rings (SSSR count). The summed E-state index contributed by atoms with van der Waals surface area (Å²) in [5.74, 6) is -0.529. The average molecular weight is 429 g/mol. The lowest BCUT2D eigenvalue weighted by atomic mass is 10.1. The second kappa shape index (κ2) is 8.60. The van der Waals surface area contributed by atoms with E-state index in [1.54, 1.807) is 12.1 Å². The molecule has 0 bridgehead atoms. The quantitative estimate of drug-likeness (QED) is 0.728. The lowest BCUT2D eigenvalue weighted by Gasteiger charge is -2.15. The van der Waals surface area contributed by atoms with Crippen LogP contribution in [0.15, 0.2) is 35.1 Å². The van der Waals surface area contributed by atoms with E-state index >= 15 is 0 Å². The molecular formula is C21H18F3N5O2. The van der Waals surface area contributed by atoms with E-state index in [1.165, 1.54) is 18.2 Å². The van der Waals surface area contributed by atoms with E-state index in [-0.39, 0.29) is 24.4 Å². The number of hydrogen-bond acceptors (Lipinski definition) is 5. The fourth-order valence-electron chi connectivity index (χ4n) is 3.06. The van der Waals surface area contributed by atoms with Crippen molar-refractivity contribution in [2.24, 2.45) is 0 Å². The molecule has 0 atom stereocenters. The van der Waals surface area contributed by atoms with Gasteiger partial charge in [0.2, 0.25) is 5.91 Å². The van der Waals surface area contributed by atoms with Gasteiger partial charge in [-0.05, 0) is 31.4 Å². The number of amides is 1. The van der Waals surface area contributed by atoms with E-state index in [9.17, 15) is 22.8 Å². The van der Waals surface area contributed by atoms with Crippen molar-refractivity contribution in [3.05, 3.63) is 52.1 Å². The highest BCUT2D eigenvalue weighted by Crippen LogP contribution is 2.34. The molecule has 1 aromatic carbocycles. The maximum atomic E-state index is 12.7. The standard InChI is InChI=1S/C21H18F3N5O2/c22-21(23,24)7-1-2-17-27-16(15-5-3-14(11-25)4-6-15)10-19(31)29(17)12-18(30)28-20(13-26)8-9-20/h3-6,10H,1-2,7-9,12H2,(H,28,30). The number of benzene rings is 1. The van der Waals surface area contributed by atoms with Crippen LogP contribution in [-0.2, 0) is 17.8 Å². The molecule has 0 spiro atoms. The summed E-state index contributed by atoms with van der Waals surface area (Å²) < 4.78 is 38.8. The Morgan fingerprint density at radius 1 is 1.23 bits per heavy atom. The Bertz CT molecular complexity index is 1120. The molecule has 1 heterocycles. The smallest absolute Gasteiger partial charge is 0.336 e. The molecule has 1 amide bonds. The van der Waals surface area contributed by atoms with Gasteiger partial charge in [-0.3, -0.25) is 14.2 Å². The van der Waals surface area contributed by atoms with E-state index < -0.39 is 36.1 Å². The van der Waals surface area contributed by atoms with Crippen molar-refractivity contribution in [1.82, 2.24) is 14.9 Å². The van der Waals surface area contributed by atoms with Gasteiger partial charge in [0.1, 0.15) is 17.9 Å². The van der Waals surface area contributed by atoms with Crippen LogP contribution in [0.1, 0.15) is 37.1 Å². The van der Waals surface area contributed by atoms with E-state index in [1.807, 2.05) is 12.1 Å². The fourth-order valence-corrected chi connectivity index (χ4v) is 3.06. The van der Waals surface area contributed by atoms with Crippen LogP contribution in [0.2, 0.25) is 0 Å². The molecule has 160 valence electrons. The molecule has 1 aliphatic carbocycles. The molecule has 10 heteroatoms. The minimum atomic E-state index is -4.35. The predicted molar refractivity (Wildman–Crippen MR) is 103 cm³/mol. The number of alkyl halides is 3. The summed E-state index contributed by atoms with van der Waals surface area (Å²) in [6.45, 7) is -0.440. The highest BCUT2D eigenvalue weighted by Gasteiger charge is 2.44. The second-order valence-corrected chi connectivity index (χ2v) is 7.38. The first-order valence-corrected chi connectivity index (χ1v) is 9.55. The van der Waals surface area contributed by atoms with Crippen molar-refractivity contribution in [3.8, 4) is 23.4 Å². The maximum Gasteiger partial charge on any atom is 0.389 e. The molecule has 31 heavy (non-hydrogen) atoms. The Labute approximate surface area is 175 Å². The monoisotopic (exact) mass is 429 g/mol. The number of carbonyl (C=O) groups excluding carboxylic acids is 1. The van der Waals surface area contributed by atoms with Crippen LogP contribution in [0.25, 0.3) is 11.3 Å². The molecule has 1 saturated carbocycles. The van der Waals surface area contributed by atoms with Gasteiger partial charge in [0.15, 0.2) is 0 Å². The van der Waals surface area contributed by atoms with Gasteiger partial charge in [-0.2, -0.15) is 23.7 Å². The van der Waals surface area contributed by atoms with Crippen molar-refractivity contribution in [1.29, 1.82) is 10.5 Å². The minimum absolute atomic E-state index is 0.0491. The second-order valence-electron chi connectivity index (χ2n) is 7.38. The fraction of sp³-hybridized carbons (Fsp3) is 0.381. The third-order valence-electron chi connectivity index (χ3n) is 4.90. The van der Waals surface area contributed by atoms with Crippen molar-refractivity contribution >= 4 is 5.91 Å². The number of halogens is 3. The molecule has 0 saturated heterocycles. The highest BCUT2D eigenvalue weighted by atomic mass is 19.4. The van der Waals surface area contributed by atoms with E-state index in [0.29, 0.717) is 24.0 Å². The van der Waals surface area contributed by atoms with Gasteiger partial charge < -0.3 is 5.32 Å². The Hall–Kier alpha value is -3.66. The minimum Gasteiger partial charge on any atom is -0.336 e. The normalized spacial score (nSPS) is 14.4. The number of rotatable bonds is 7. The number of nitriles is 2. The number of nitrogens with zero attached hydrogens (tertiary/aromatic N) is 4. The average Bonchev–Trinajstić information content (AvgIpc) is 3.49. The number of aromatic nitrogens is 2.